The molecule has 0 aromatic heterocycles. The highest BCUT2D eigenvalue weighted by molar-refractivity contribution is 14.1. The van der Waals surface area contributed by atoms with Gasteiger partial charge in [-0.1, -0.05) is 22.6 Å². The van der Waals surface area contributed by atoms with E-state index in [2.05, 4.69) is 27.9 Å². The Labute approximate surface area is 67.0 Å². The van der Waals surface area contributed by atoms with Gasteiger partial charge in [-0.3, -0.25) is 0 Å². The highest BCUT2D eigenvalue weighted by Gasteiger charge is 2.27. The summed E-state index contributed by atoms with van der Waals surface area (Å²) in [5.41, 5.74) is 0. The number of hydrogen-bond acceptors (Lipinski definition) is 1. The van der Waals surface area contributed by atoms with Crippen molar-refractivity contribution < 1.29 is 9.90 Å². The third-order valence-corrected chi connectivity index (χ3v) is 2.43. The molecule has 0 atom stereocenters. The van der Waals surface area contributed by atoms with Crippen LogP contribution in [0.5, 0.6) is 0 Å². The number of amides is 1. The largest absolute Gasteiger partial charge is 0.465 e. The standard InChI is InChI=1S/C5H8INO2/c6-3-1-4(2-3)7-5(8)9/h3-4,7H,1-2H2,(H,8,9)/t3-,4-. The van der Waals surface area contributed by atoms with E-state index in [-0.39, 0.29) is 6.04 Å². The molecule has 0 bridgehead atoms. The van der Waals surface area contributed by atoms with E-state index in [9.17, 15) is 4.79 Å². The molecule has 0 unspecified atom stereocenters. The Kier molecular flexibility index (Phi) is 2.15. The smallest absolute Gasteiger partial charge is 0.404 e. The van der Waals surface area contributed by atoms with Gasteiger partial charge < -0.3 is 10.4 Å². The van der Waals surface area contributed by atoms with Gasteiger partial charge in [0.25, 0.3) is 0 Å². The van der Waals surface area contributed by atoms with Crippen molar-refractivity contribution in [1.82, 2.24) is 5.32 Å². The van der Waals surface area contributed by atoms with Gasteiger partial charge in [-0.15, -0.1) is 0 Å². The molecule has 1 aliphatic rings. The van der Waals surface area contributed by atoms with Crippen LogP contribution < -0.4 is 5.32 Å². The maximum Gasteiger partial charge on any atom is 0.404 e. The molecule has 1 amide bonds. The second kappa shape index (κ2) is 2.72. The van der Waals surface area contributed by atoms with Crippen LogP contribution >= 0.6 is 22.6 Å². The molecular weight excluding hydrogens is 233 g/mol. The van der Waals surface area contributed by atoms with Crippen molar-refractivity contribution in [2.24, 2.45) is 0 Å². The summed E-state index contributed by atoms with van der Waals surface area (Å²) in [5.74, 6) is 0. The summed E-state index contributed by atoms with van der Waals surface area (Å²) < 4.78 is 0.680. The lowest BCUT2D eigenvalue weighted by Crippen LogP contribution is -2.43. The van der Waals surface area contributed by atoms with Crippen molar-refractivity contribution >= 4 is 28.7 Å². The van der Waals surface area contributed by atoms with Gasteiger partial charge in [0.2, 0.25) is 0 Å². The van der Waals surface area contributed by atoms with E-state index >= 15 is 0 Å². The zero-order valence-electron chi connectivity index (χ0n) is 4.80. The third-order valence-electron chi connectivity index (χ3n) is 1.41. The Bertz CT molecular complexity index is 122. The van der Waals surface area contributed by atoms with Gasteiger partial charge in [0.05, 0.1) is 0 Å². The van der Waals surface area contributed by atoms with Crippen LogP contribution in [0, 0.1) is 0 Å². The summed E-state index contributed by atoms with van der Waals surface area (Å²) in [7, 11) is 0. The Morgan fingerprint density at radius 3 is 2.56 bits per heavy atom. The number of alkyl halides is 1. The summed E-state index contributed by atoms with van der Waals surface area (Å²) in [6.07, 6.45) is 1.09. The molecule has 0 aromatic rings. The van der Waals surface area contributed by atoms with Crippen molar-refractivity contribution in [1.29, 1.82) is 0 Å². The van der Waals surface area contributed by atoms with E-state index in [0.717, 1.165) is 12.8 Å². The molecule has 1 aliphatic carbocycles. The van der Waals surface area contributed by atoms with Crippen molar-refractivity contribution in [3.63, 3.8) is 0 Å². The number of rotatable bonds is 1. The fourth-order valence-corrected chi connectivity index (χ4v) is 2.07. The number of hydrogen-bond donors (Lipinski definition) is 2. The molecule has 0 saturated heterocycles. The predicted molar refractivity (Wildman–Crippen MR) is 42.0 cm³/mol. The van der Waals surface area contributed by atoms with E-state index < -0.39 is 6.09 Å². The minimum Gasteiger partial charge on any atom is -0.465 e. The zero-order chi connectivity index (χ0) is 6.85. The maximum absolute atomic E-state index is 10.00. The first-order valence-electron chi connectivity index (χ1n) is 2.82. The first kappa shape index (κ1) is 7.11. The third kappa shape index (κ3) is 2.00. The molecule has 1 fully saturated rings. The topological polar surface area (TPSA) is 49.3 Å². The molecule has 0 heterocycles. The van der Waals surface area contributed by atoms with Crippen LogP contribution in [0.2, 0.25) is 0 Å². The van der Waals surface area contributed by atoms with Gasteiger partial charge in [-0.2, -0.15) is 0 Å². The van der Waals surface area contributed by atoms with E-state index in [1.807, 2.05) is 0 Å². The summed E-state index contributed by atoms with van der Waals surface area (Å²) in [5, 5.41) is 10.6. The Balaban J connectivity index is 2.11. The van der Waals surface area contributed by atoms with Gasteiger partial charge in [-0.05, 0) is 12.8 Å². The molecule has 9 heavy (non-hydrogen) atoms. The molecule has 4 heteroatoms. The summed E-state index contributed by atoms with van der Waals surface area (Å²) in [6, 6.07) is 0.226. The summed E-state index contributed by atoms with van der Waals surface area (Å²) in [4.78, 5) is 10.00. The van der Waals surface area contributed by atoms with Crippen LogP contribution in [0.4, 0.5) is 4.79 Å². The lowest BCUT2D eigenvalue weighted by atomic mass is 9.93. The van der Waals surface area contributed by atoms with Crippen molar-refractivity contribution in [3.05, 3.63) is 0 Å². The molecule has 1 saturated carbocycles. The molecular formula is C5H8INO2. The Morgan fingerprint density at radius 2 is 2.22 bits per heavy atom. The highest BCUT2D eigenvalue weighted by atomic mass is 127. The fraction of sp³-hybridized carbons (Fsp3) is 0.800. The van der Waals surface area contributed by atoms with Crippen LogP contribution in [0.1, 0.15) is 12.8 Å². The summed E-state index contributed by atoms with van der Waals surface area (Å²) >= 11 is 2.32. The maximum atomic E-state index is 10.00. The molecule has 0 aliphatic heterocycles. The average Bonchev–Trinajstić information content (AvgIpc) is 1.60. The predicted octanol–water partition coefficient (Wildman–Crippen LogP) is 1.22. The average molecular weight is 241 g/mol. The minimum atomic E-state index is -0.900. The van der Waals surface area contributed by atoms with Gasteiger partial charge in [-0.25, -0.2) is 4.79 Å². The molecule has 52 valence electrons. The van der Waals surface area contributed by atoms with Crippen LogP contribution in [0.15, 0.2) is 0 Å². The van der Waals surface area contributed by atoms with Gasteiger partial charge in [0.15, 0.2) is 0 Å². The van der Waals surface area contributed by atoms with Crippen molar-refractivity contribution in [2.75, 3.05) is 0 Å². The Hall–Kier alpha value is 0. The zero-order valence-corrected chi connectivity index (χ0v) is 6.96. The number of carboxylic acid groups (broad SMARTS) is 1. The van der Waals surface area contributed by atoms with E-state index in [0.29, 0.717) is 3.92 Å². The molecule has 3 nitrogen and oxygen atoms in total. The lowest BCUT2D eigenvalue weighted by Gasteiger charge is -2.30. The lowest BCUT2D eigenvalue weighted by molar-refractivity contribution is 0.183. The second-order valence-electron chi connectivity index (χ2n) is 2.22. The number of nitrogens with one attached hydrogen (secondary N) is 1. The van der Waals surface area contributed by atoms with Crippen LogP contribution in [-0.2, 0) is 0 Å². The van der Waals surface area contributed by atoms with Crippen molar-refractivity contribution in [2.45, 2.75) is 22.8 Å². The fourth-order valence-electron chi connectivity index (χ4n) is 0.841. The van der Waals surface area contributed by atoms with Crippen molar-refractivity contribution in [3.8, 4) is 0 Å². The van der Waals surface area contributed by atoms with E-state index in [4.69, 9.17) is 5.11 Å². The van der Waals surface area contributed by atoms with Crippen LogP contribution in [0.3, 0.4) is 0 Å². The van der Waals surface area contributed by atoms with Gasteiger partial charge in [0.1, 0.15) is 0 Å². The highest BCUT2D eigenvalue weighted by Crippen LogP contribution is 2.27. The van der Waals surface area contributed by atoms with Gasteiger partial charge >= 0.3 is 6.09 Å². The summed E-state index contributed by atoms with van der Waals surface area (Å²) in [6.45, 7) is 0. The van der Waals surface area contributed by atoms with E-state index in [1.54, 1.807) is 0 Å². The van der Waals surface area contributed by atoms with E-state index in [1.165, 1.54) is 0 Å². The second-order valence-corrected chi connectivity index (χ2v) is 3.98. The minimum absolute atomic E-state index is 0.226. The first-order valence-corrected chi connectivity index (χ1v) is 4.06. The molecule has 1 rings (SSSR count). The molecule has 0 aromatic carbocycles. The Morgan fingerprint density at radius 1 is 1.67 bits per heavy atom. The first-order chi connectivity index (χ1) is 4.18. The number of halogens is 1. The van der Waals surface area contributed by atoms with Gasteiger partial charge in [0, 0.05) is 9.97 Å². The molecule has 2 N–H and O–H groups in total. The van der Waals surface area contributed by atoms with Crippen LogP contribution in [-0.4, -0.2) is 21.2 Å². The monoisotopic (exact) mass is 241 g/mol. The molecule has 0 radical (unpaired) electrons. The SMILES string of the molecule is O=C(O)N[C@H]1C[C@H](I)C1. The van der Waals surface area contributed by atoms with Crippen LogP contribution in [0.25, 0.3) is 0 Å². The normalized spacial score (nSPS) is 33.0. The number of carbonyl (C=O) groups is 1. The quantitative estimate of drug-likeness (QED) is 0.535. The molecule has 0 spiro atoms.